The van der Waals surface area contributed by atoms with E-state index in [1.54, 1.807) is 47.0 Å². The summed E-state index contributed by atoms with van der Waals surface area (Å²) in [6, 6.07) is 0. The van der Waals surface area contributed by atoms with Crippen LogP contribution >= 0.6 is 70.6 Å². The molecule has 0 amide bonds. The number of hydrogen-bond acceptors (Lipinski definition) is 10. The van der Waals surface area contributed by atoms with Crippen LogP contribution in [0.2, 0.25) is 0 Å². The lowest BCUT2D eigenvalue weighted by atomic mass is 10.6. The molecule has 10 heteroatoms. The van der Waals surface area contributed by atoms with Gasteiger partial charge in [-0.05, 0) is 10.8 Å². The van der Waals surface area contributed by atoms with E-state index < -0.39 is 0 Å². The van der Waals surface area contributed by atoms with Crippen LogP contribution in [0.1, 0.15) is 6.92 Å². The maximum absolute atomic E-state index is 11.1. The van der Waals surface area contributed by atoms with Gasteiger partial charge in [0.05, 0.1) is 9.16 Å². The summed E-state index contributed by atoms with van der Waals surface area (Å²) in [6.45, 7) is 9.76. The smallest absolute Gasteiger partial charge is 0.330 e. The second-order valence-electron chi connectivity index (χ2n) is 5.84. The standard InChI is InChI=1S/C19H24O4S6/c1-4-16(20)22-6-14-9-26-18(28-14)11-24-8-13(3)25-12-19-27-10-15(29-19)7-23-17(21)5-2/h4-5,9-10,13,18-19H,1-2,6-8,11-12H2,3H3. The molecule has 2 aliphatic heterocycles. The lowest BCUT2D eigenvalue weighted by Crippen LogP contribution is -2.09. The second kappa shape index (κ2) is 14.1. The van der Waals surface area contributed by atoms with E-state index in [0.717, 1.165) is 27.1 Å². The number of hydrogen-bond donors (Lipinski definition) is 0. The number of rotatable bonds is 13. The van der Waals surface area contributed by atoms with Gasteiger partial charge in [-0.25, -0.2) is 9.59 Å². The van der Waals surface area contributed by atoms with E-state index in [9.17, 15) is 9.59 Å². The first-order valence-electron chi connectivity index (χ1n) is 8.80. The molecule has 0 aliphatic carbocycles. The van der Waals surface area contributed by atoms with Crippen molar-refractivity contribution in [3.8, 4) is 0 Å². The third-order valence-electron chi connectivity index (χ3n) is 3.44. The molecule has 0 aromatic carbocycles. The van der Waals surface area contributed by atoms with Crippen molar-refractivity contribution in [2.75, 3.05) is 30.5 Å². The van der Waals surface area contributed by atoms with Gasteiger partial charge in [-0.15, -0.1) is 47.0 Å². The van der Waals surface area contributed by atoms with E-state index in [0.29, 0.717) is 27.6 Å². The lowest BCUT2D eigenvalue weighted by Gasteiger charge is -2.15. The molecular weight excluding hydrogens is 485 g/mol. The number of thioether (sulfide) groups is 6. The highest BCUT2D eigenvalue weighted by Gasteiger charge is 2.22. The first-order valence-corrected chi connectivity index (χ1v) is 14.6. The number of carbonyl (C=O) groups is 2. The number of carbonyl (C=O) groups excluding carboxylic acids is 2. The summed E-state index contributed by atoms with van der Waals surface area (Å²) in [5, 5.41) is 4.77. The van der Waals surface area contributed by atoms with Gasteiger partial charge in [0.2, 0.25) is 0 Å². The van der Waals surface area contributed by atoms with Crippen molar-refractivity contribution in [3.63, 3.8) is 0 Å². The summed E-state index contributed by atoms with van der Waals surface area (Å²) in [5.74, 6) is 2.50. The number of esters is 2. The van der Waals surface area contributed by atoms with E-state index in [4.69, 9.17) is 9.47 Å². The molecular formula is C19H24O4S6. The van der Waals surface area contributed by atoms with Crippen molar-refractivity contribution < 1.29 is 19.1 Å². The quantitative estimate of drug-likeness (QED) is 0.232. The molecule has 3 unspecified atom stereocenters. The largest absolute Gasteiger partial charge is 0.457 e. The molecule has 0 fully saturated rings. The molecule has 0 bridgehead atoms. The van der Waals surface area contributed by atoms with Crippen molar-refractivity contribution in [1.29, 1.82) is 0 Å². The lowest BCUT2D eigenvalue weighted by molar-refractivity contribution is -0.137. The Labute approximate surface area is 198 Å². The summed E-state index contributed by atoms with van der Waals surface area (Å²) in [6.07, 6.45) is 2.38. The predicted molar refractivity (Wildman–Crippen MR) is 136 cm³/mol. The van der Waals surface area contributed by atoms with Crippen LogP contribution in [0.3, 0.4) is 0 Å². The minimum Gasteiger partial charge on any atom is -0.457 e. The Bertz CT molecular complexity index is 663. The first-order chi connectivity index (χ1) is 14.0. The molecule has 160 valence electrons. The van der Waals surface area contributed by atoms with Gasteiger partial charge in [0.15, 0.2) is 0 Å². The van der Waals surface area contributed by atoms with Gasteiger partial charge in [-0.3, -0.25) is 0 Å². The molecule has 0 spiro atoms. The van der Waals surface area contributed by atoms with Crippen LogP contribution in [0.15, 0.2) is 45.9 Å². The molecule has 29 heavy (non-hydrogen) atoms. The third kappa shape index (κ3) is 10.2. The Morgan fingerprint density at radius 1 is 1.03 bits per heavy atom. The zero-order chi connectivity index (χ0) is 21.1. The Morgan fingerprint density at radius 3 is 2.07 bits per heavy atom. The van der Waals surface area contributed by atoms with Crippen LogP contribution in [-0.4, -0.2) is 56.8 Å². The second-order valence-corrected chi connectivity index (χ2v) is 13.8. The van der Waals surface area contributed by atoms with E-state index in [1.807, 2.05) is 23.5 Å². The van der Waals surface area contributed by atoms with Crippen LogP contribution in [0.5, 0.6) is 0 Å². The van der Waals surface area contributed by atoms with Crippen LogP contribution in [0.4, 0.5) is 0 Å². The van der Waals surface area contributed by atoms with Gasteiger partial charge in [0.1, 0.15) is 13.2 Å². The minimum atomic E-state index is -0.376. The van der Waals surface area contributed by atoms with Gasteiger partial charge in [-0.1, -0.05) is 20.1 Å². The fourth-order valence-electron chi connectivity index (χ4n) is 2.06. The Morgan fingerprint density at radius 2 is 1.55 bits per heavy atom. The predicted octanol–water partition coefficient (Wildman–Crippen LogP) is 5.59. The van der Waals surface area contributed by atoms with Gasteiger partial charge in [-0.2, -0.15) is 23.5 Å². The van der Waals surface area contributed by atoms with Crippen molar-refractivity contribution in [2.24, 2.45) is 0 Å². The maximum Gasteiger partial charge on any atom is 0.330 e. The fraction of sp³-hybridized carbons (Fsp3) is 0.474. The highest BCUT2D eigenvalue weighted by molar-refractivity contribution is 8.24. The van der Waals surface area contributed by atoms with Gasteiger partial charge in [0, 0.05) is 44.5 Å². The summed E-state index contributed by atoms with van der Waals surface area (Å²) in [4.78, 5) is 24.5. The average Bonchev–Trinajstić information content (AvgIpc) is 3.38. The average molecular weight is 509 g/mol. The molecule has 2 heterocycles. The summed E-state index contributed by atoms with van der Waals surface area (Å²) < 4.78 is 11.1. The van der Waals surface area contributed by atoms with E-state index in [1.165, 1.54) is 12.2 Å². The van der Waals surface area contributed by atoms with Gasteiger partial charge < -0.3 is 9.47 Å². The van der Waals surface area contributed by atoms with Crippen molar-refractivity contribution in [2.45, 2.75) is 21.3 Å². The minimum absolute atomic E-state index is 0.342. The Kier molecular flexibility index (Phi) is 12.3. The Balaban J connectivity index is 1.50. The normalized spacial score (nSPS) is 21.8. The van der Waals surface area contributed by atoms with Crippen LogP contribution in [0.25, 0.3) is 0 Å². The highest BCUT2D eigenvalue weighted by atomic mass is 32.2. The van der Waals surface area contributed by atoms with Crippen LogP contribution < -0.4 is 0 Å². The van der Waals surface area contributed by atoms with Gasteiger partial charge in [0.25, 0.3) is 0 Å². The molecule has 4 nitrogen and oxygen atoms in total. The molecule has 3 atom stereocenters. The number of ether oxygens (including phenoxy) is 2. The molecule has 0 radical (unpaired) electrons. The Hall–Kier alpha value is -0.000000000000000222. The summed E-state index contributed by atoms with van der Waals surface area (Å²) >= 11 is 11.1. The van der Waals surface area contributed by atoms with Crippen molar-refractivity contribution in [3.05, 3.63) is 45.9 Å². The zero-order valence-corrected chi connectivity index (χ0v) is 21.0. The van der Waals surface area contributed by atoms with Crippen molar-refractivity contribution >= 4 is 82.5 Å². The fourth-order valence-corrected chi connectivity index (χ4v) is 10.1. The van der Waals surface area contributed by atoms with E-state index in [2.05, 4.69) is 30.9 Å². The zero-order valence-electron chi connectivity index (χ0n) is 16.1. The highest BCUT2D eigenvalue weighted by Crippen LogP contribution is 2.43. The van der Waals surface area contributed by atoms with Crippen LogP contribution in [-0.2, 0) is 19.1 Å². The SMILES string of the molecule is C=CC(=O)OCC1=CSC(CSCC(C)SCC2SC=C(COC(=O)C=C)S2)S1. The molecule has 0 aromatic rings. The maximum atomic E-state index is 11.1. The third-order valence-corrected chi connectivity index (χ3v) is 12.3. The first kappa shape index (κ1) is 25.3. The molecule has 0 N–H and O–H groups in total. The summed E-state index contributed by atoms with van der Waals surface area (Å²) in [5.41, 5.74) is 0. The van der Waals surface area contributed by atoms with Gasteiger partial charge >= 0.3 is 11.9 Å². The molecule has 0 saturated carbocycles. The topological polar surface area (TPSA) is 52.6 Å². The molecule has 2 aliphatic rings. The molecule has 2 rings (SSSR count). The summed E-state index contributed by atoms with van der Waals surface area (Å²) in [7, 11) is 0. The van der Waals surface area contributed by atoms with E-state index in [-0.39, 0.29) is 11.9 Å². The molecule has 0 aromatic heterocycles. The molecule has 0 saturated heterocycles. The van der Waals surface area contributed by atoms with Crippen LogP contribution in [0, 0.1) is 0 Å². The van der Waals surface area contributed by atoms with Crippen molar-refractivity contribution in [1.82, 2.24) is 0 Å². The van der Waals surface area contributed by atoms with E-state index >= 15 is 0 Å². The monoisotopic (exact) mass is 508 g/mol.